The fourth-order valence-corrected chi connectivity index (χ4v) is 3.25. The van der Waals surface area contributed by atoms with Gasteiger partial charge in [0, 0.05) is 18.7 Å². The lowest BCUT2D eigenvalue weighted by Crippen LogP contribution is -2.30. The standard InChI is InChI=1S/C16H26N2O/c1-18(11-14-8-5-7-13(14)10-17)12-15-6-3-4-9-16(15)19-2/h3-4,6,9,13-14H,5,7-8,10-12,17H2,1-2H3. The number of ether oxygens (including phenoxy) is 1. The summed E-state index contributed by atoms with van der Waals surface area (Å²) in [7, 11) is 3.93. The van der Waals surface area contributed by atoms with E-state index in [1.165, 1.54) is 24.8 Å². The van der Waals surface area contributed by atoms with Gasteiger partial charge in [0.05, 0.1) is 7.11 Å². The zero-order chi connectivity index (χ0) is 13.7. The maximum absolute atomic E-state index is 5.86. The first-order chi connectivity index (χ1) is 9.24. The van der Waals surface area contributed by atoms with Crippen molar-refractivity contribution < 1.29 is 4.74 Å². The van der Waals surface area contributed by atoms with E-state index in [9.17, 15) is 0 Å². The Morgan fingerprint density at radius 2 is 2.00 bits per heavy atom. The lowest BCUT2D eigenvalue weighted by molar-refractivity contribution is 0.234. The molecule has 2 atom stereocenters. The van der Waals surface area contributed by atoms with E-state index < -0.39 is 0 Å². The highest BCUT2D eigenvalue weighted by Crippen LogP contribution is 2.31. The molecule has 1 saturated carbocycles. The van der Waals surface area contributed by atoms with E-state index in [1.54, 1.807) is 7.11 Å². The highest BCUT2D eigenvalue weighted by molar-refractivity contribution is 5.32. The minimum Gasteiger partial charge on any atom is -0.496 e. The first-order valence-electron chi connectivity index (χ1n) is 7.25. The zero-order valence-corrected chi connectivity index (χ0v) is 12.1. The molecule has 106 valence electrons. The van der Waals surface area contributed by atoms with Crippen LogP contribution >= 0.6 is 0 Å². The Hall–Kier alpha value is -1.06. The van der Waals surface area contributed by atoms with Gasteiger partial charge in [-0.1, -0.05) is 24.6 Å². The molecule has 1 aromatic rings. The first kappa shape index (κ1) is 14.4. The second-order valence-corrected chi connectivity index (χ2v) is 5.70. The Kier molecular flexibility index (Phi) is 5.23. The SMILES string of the molecule is COc1ccccc1CN(C)CC1CCCC1CN. The van der Waals surface area contributed by atoms with Crippen molar-refractivity contribution >= 4 is 0 Å². The quantitative estimate of drug-likeness (QED) is 0.856. The van der Waals surface area contributed by atoms with Crippen LogP contribution in [0.1, 0.15) is 24.8 Å². The predicted molar refractivity (Wildman–Crippen MR) is 79.2 cm³/mol. The van der Waals surface area contributed by atoms with Crippen LogP contribution in [0.4, 0.5) is 0 Å². The van der Waals surface area contributed by atoms with Gasteiger partial charge in [-0.2, -0.15) is 0 Å². The molecule has 1 aliphatic carbocycles. The minimum absolute atomic E-state index is 0.722. The smallest absolute Gasteiger partial charge is 0.123 e. The summed E-state index contributed by atoms with van der Waals surface area (Å²) in [5, 5.41) is 0. The average Bonchev–Trinajstić information content (AvgIpc) is 2.86. The molecule has 0 bridgehead atoms. The largest absolute Gasteiger partial charge is 0.496 e. The van der Waals surface area contributed by atoms with Crippen LogP contribution in [-0.4, -0.2) is 32.1 Å². The lowest BCUT2D eigenvalue weighted by Gasteiger charge is -2.25. The number of nitrogens with zero attached hydrogens (tertiary/aromatic N) is 1. The lowest BCUT2D eigenvalue weighted by atomic mass is 9.95. The van der Waals surface area contributed by atoms with Crippen LogP contribution in [0.15, 0.2) is 24.3 Å². The molecule has 0 spiro atoms. The van der Waals surface area contributed by atoms with Crippen molar-refractivity contribution in [2.24, 2.45) is 17.6 Å². The third-order valence-electron chi connectivity index (χ3n) is 4.30. The van der Waals surface area contributed by atoms with Gasteiger partial charge >= 0.3 is 0 Å². The Morgan fingerprint density at radius 3 is 2.74 bits per heavy atom. The number of nitrogens with two attached hydrogens (primary N) is 1. The highest BCUT2D eigenvalue weighted by atomic mass is 16.5. The number of hydrogen-bond donors (Lipinski definition) is 1. The van der Waals surface area contributed by atoms with Crippen LogP contribution in [0, 0.1) is 11.8 Å². The second-order valence-electron chi connectivity index (χ2n) is 5.70. The summed E-state index contributed by atoms with van der Waals surface area (Å²) in [6, 6.07) is 8.26. The normalized spacial score (nSPS) is 22.9. The second kappa shape index (κ2) is 6.92. The van der Waals surface area contributed by atoms with Crippen molar-refractivity contribution in [2.45, 2.75) is 25.8 Å². The van der Waals surface area contributed by atoms with Crippen LogP contribution in [0.3, 0.4) is 0 Å². The van der Waals surface area contributed by atoms with Gasteiger partial charge in [0.15, 0.2) is 0 Å². The van der Waals surface area contributed by atoms with Gasteiger partial charge in [-0.3, -0.25) is 0 Å². The molecule has 0 aliphatic heterocycles. The van der Waals surface area contributed by atoms with Gasteiger partial charge in [-0.05, 0) is 44.3 Å². The molecule has 0 amide bonds. The molecule has 3 heteroatoms. The maximum Gasteiger partial charge on any atom is 0.123 e. The monoisotopic (exact) mass is 262 g/mol. The summed E-state index contributed by atoms with van der Waals surface area (Å²) in [6.07, 6.45) is 3.98. The molecular weight excluding hydrogens is 236 g/mol. The van der Waals surface area contributed by atoms with Crippen molar-refractivity contribution in [1.29, 1.82) is 0 Å². The molecule has 2 N–H and O–H groups in total. The number of para-hydroxylation sites is 1. The highest BCUT2D eigenvalue weighted by Gasteiger charge is 2.26. The van der Waals surface area contributed by atoms with E-state index in [1.807, 2.05) is 12.1 Å². The molecule has 1 aromatic carbocycles. The van der Waals surface area contributed by atoms with E-state index in [4.69, 9.17) is 10.5 Å². The summed E-state index contributed by atoms with van der Waals surface area (Å²) < 4.78 is 5.41. The summed E-state index contributed by atoms with van der Waals surface area (Å²) in [4.78, 5) is 2.40. The van der Waals surface area contributed by atoms with E-state index >= 15 is 0 Å². The van der Waals surface area contributed by atoms with Crippen LogP contribution in [-0.2, 0) is 6.54 Å². The topological polar surface area (TPSA) is 38.5 Å². The maximum atomic E-state index is 5.86. The molecule has 0 radical (unpaired) electrons. The van der Waals surface area contributed by atoms with Crippen molar-refractivity contribution in [3.8, 4) is 5.75 Å². The molecule has 19 heavy (non-hydrogen) atoms. The van der Waals surface area contributed by atoms with Crippen molar-refractivity contribution in [3.05, 3.63) is 29.8 Å². The summed E-state index contributed by atoms with van der Waals surface area (Å²) in [5.74, 6) is 2.47. The van der Waals surface area contributed by atoms with Crippen molar-refractivity contribution in [3.63, 3.8) is 0 Å². The van der Waals surface area contributed by atoms with Gasteiger partial charge in [-0.25, -0.2) is 0 Å². The number of rotatable bonds is 6. The van der Waals surface area contributed by atoms with Crippen LogP contribution in [0.2, 0.25) is 0 Å². The van der Waals surface area contributed by atoms with E-state index in [0.29, 0.717) is 0 Å². The zero-order valence-electron chi connectivity index (χ0n) is 12.1. The Labute approximate surface area is 116 Å². The van der Waals surface area contributed by atoms with Gasteiger partial charge < -0.3 is 15.4 Å². The van der Waals surface area contributed by atoms with Gasteiger partial charge in [0.1, 0.15) is 5.75 Å². The van der Waals surface area contributed by atoms with Gasteiger partial charge in [0.2, 0.25) is 0 Å². The summed E-state index contributed by atoms with van der Waals surface area (Å²) in [5.41, 5.74) is 7.12. The van der Waals surface area contributed by atoms with E-state index in [-0.39, 0.29) is 0 Å². The summed E-state index contributed by atoms with van der Waals surface area (Å²) >= 11 is 0. The first-order valence-corrected chi connectivity index (χ1v) is 7.25. The Bertz CT molecular complexity index is 394. The van der Waals surface area contributed by atoms with Crippen LogP contribution in [0.25, 0.3) is 0 Å². The number of methoxy groups -OCH3 is 1. The van der Waals surface area contributed by atoms with E-state index in [0.717, 1.165) is 37.2 Å². The average molecular weight is 262 g/mol. The van der Waals surface area contributed by atoms with Gasteiger partial charge in [0.25, 0.3) is 0 Å². The molecule has 0 aromatic heterocycles. The molecule has 0 heterocycles. The molecule has 2 unspecified atom stereocenters. The summed E-state index contributed by atoms with van der Waals surface area (Å²) in [6.45, 7) is 2.92. The molecule has 3 nitrogen and oxygen atoms in total. The minimum atomic E-state index is 0.722. The molecule has 0 saturated heterocycles. The fourth-order valence-electron chi connectivity index (χ4n) is 3.25. The number of benzene rings is 1. The third-order valence-corrected chi connectivity index (χ3v) is 4.30. The Morgan fingerprint density at radius 1 is 1.26 bits per heavy atom. The van der Waals surface area contributed by atoms with Crippen LogP contribution in [0.5, 0.6) is 5.75 Å². The van der Waals surface area contributed by atoms with Gasteiger partial charge in [-0.15, -0.1) is 0 Å². The third kappa shape index (κ3) is 3.71. The molecule has 2 rings (SSSR count). The van der Waals surface area contributed by atoms with E-state index in [2.05, 4.69) is 24.1 Å². The number of hydrogen-bond acceptors (Lipinski definition) is 3. The van der Waals surface area contributed by atoms with Crippen molar-refractivity contribution in [2.75, 3.05) is 27.2 Å². The molecule has 1 fully saturated rings. The van der Waals surface area contributed by atoms with Crippen molar-refractivity contribution in [1.82, 2.24) is 4.90 Å². The fraction of sp³-hybridized carbons (Fsp3) is 0.625. The molecular formula is C16H26N2O. The Balaban J connectivity index is 1.92. The predicted octanol–water partition coefficient (Wildman–Crippen LogP) is 2.50. The van der Waals surface area contributed by atoms with Crippen LogP contribution < -0.4 is 10.5 Å². The molecule has 1 aliphatic rings.